The molecule has 0 aliphatic rings. The fourth-order valence-electron chi connectivity index (χ4n) is 0.888. The summed E-state index contributed by atoms with van der Waals surface area (Å²) in [5.74, 6) is 1.11. The third-order valence-corrected chi connectivity index (χ3v) is 2.03. The highest BCUT2D eigenvalue weighted by molar-refractivity contribution is 7.07. The summed E-state index contributed by atoms with van der Waals surface area (Å²) in [6, 6.07) is 0. The van der Waals surface area contributed by atoms with Gasteiger partial charge in [-0.15, -0.1) is 17.9 Å². The van der Waals surface area contributed by atoms with E-state index in [9.17, 15) is 0 Å². The van der Waals surface area contributed by atoms with E-state index in [1.807, 2.05) is 5.38 Å². The molecule has 0 aliphatic carbocycles. The van der Waals surface area contributed by atoms with E-state index in [2.05, 4.69) is 21.7 Å². The molecule has 5 heteroatoms. The molecule has 66 valence electrons. The molecule has 0 aromatic carbocycles. The molecule has 0 saturated heterocycles. The zero-order valence-electron chi connectivity index (χ0n) is 6.80. The molecular formula is C8H7N3OS. The van der Waals surface area contributed by atoms with Crippen LogP contribution in [0.4, 0.5) is 0 Å². The molecule has 0 unspecified atom stereocenters. The fraction of sp³-hybridized carbons (Fsp3) is 0.125. The van der Waals surface area contributed by atoms with Crippen molar-refractivity contribution < 1.29 is 4.52 Å². The van der Waals surface area contributed by atoms with E-state index in [1.54, 1.807) is 11.6 Å². The van der Waals surface area contributed by atoms with Crippen LogP contribution in [0.5, 0.6) is 0 Å². The molecule has 0 radical (unpaired) electrons. The Morgan fingerprint density at radius 3 is 3.23 bits per heavy atom. The minimum Gasteiger partial charge on any atom is -0.332 e. The molecule has 0 amide bonds. The summed E-state index contributed by atoms with van der Waals surface area (Å²) in [7, 11) is 0. The summed E-state index contributed by atoms with van der Waals surface area (Å²) in [6.07, 6.45) is 2.35. The number of hydrogen-bond acceptors (Lipinski definition) is 5. The summed E-state index contributed by atoms with van der Waals surface area (Å²) in [5, 5.41) is 5.64. The van der Waals surface area contributed by atoms with Crippen molar-refractivity contribution >= 4 is 11.3 Å². The molecule has 0 aliphatic heterocycles. The van der Waals surface area contributed by atoms with Gasteiger partial charge in [0.05, 0.1) is 5.51 Å². The Kier molecular flexibility index (Phi) is 2.18. The average Bonchev–Trinajstić information content (AvgIpc) is 2.70. The van der Waals surface area contributed by atoms with Crippen molar-refractivity contribution in [2.24, 2.45) is 0 Å². The van der Waals surface area contributed by atoms with Crippen LogP contribution < -0.4 is 0 Å². The molecule has 2 heterocycles. The van der Waals surface area contributed by atoms with Crippen LogP contribution in [0.1, 0.15) is 5.82 Å². The third-order valence-electron chi connectivity index (χ3n) is 1.45. The van der Waals surface area contributed by atoms with Crippen LogP contribution >= 0.6 is 11.3 Å². The lowest BCUT2D eigenvalue weighted by atomic mass is 10.4. The lowest BCUT2D eigenvalue weighted by Crippen LogP contribution is -1.83. The highest BCUT2D eigenvalue weighted by Gasteiger charge is 2.08. The quantitative estimate of drug-likeness (QED) is 0.699. The molecule has 4 nitrogen and oxygen atoms in total. The molecule has 0 spiro atoms. The summed E-state index contributed by atoms with van der Waals surface area (Å²) in [6.45, 7) is 3.59. The van der Waals surface area contributed by atoms with Crippen LogP contribution in [-0.4, -0.2) is 15.1 Å². The van der Waals surface area contributed by atoms with Crippen molar-refractivity contribution in [3.05, 3.63) is 29.4 Å². The lowest BCUT2D eigenvalue weighted by Gasteiger charge is -1.81. The van der Waals surface area contributed by atoms with Crippen molar-refractivity contribution in [3.8, 4) is 11.6 Å². The molecule has 2 rings (SSSR count). The van der Waals surface area contributed by atoms with Gasteiger partial charge in [0.1, 0.15) is 5.69 Å². The zero-order chi connectivity index (χ0) is 9.10. The van der Waals surface area contributed by atoms with Crippen LogP contribution in [0.3, 0.4) is 0 Å². The Morgan fingerprint density at radius 1 is 1.62 bits per heavy atom. The Hall–Kier alpha value is -1.49. The van der Waals surface area contributed by atoms with E-state index in [0.717, 1.165) is 5.69 Å². The molecule has 0 atom stereocenters. The predicted molar refractivity (Wildman–Crippen MR) is 49.3 cm³/mol. The van der Waals surface area contributed by atoms with Crippen LogP contribution in [-0.2, 0) is 6.42 Å². The van der Waals surface area contributed by atoms with E-state index >= 15 is 0 Å². The first-order valence-electron chi connectivity index (χ1n) is 3.72. The topological polar surface area (TPSA) is 51.8 Å². The van der Waals surface area contributed by atoms with Crippen LogP contribution in [0, 0.1) is 0 Å². The second kappa shape index (κ2) is 3.49. The molecule has 0 fully saturated rings. The van der Waals surface area contributed by atoms with Gasteiger partial charge in [-0.3, -0.25) is 0 Å². The van der Waals surface area contributed by atoms with Crippen LogP contribution in [0.25, 0.3) is 11.6 Å². The van der Waals surface area contributed by atoms with Gasteiger partial charge in [0.2, 0.25) is 0 Å². The maximum absolute atomic E-state index is 5.00. The summed E-state index contributed by atoms with van der Waals surface area (Å²) in [5.41, 5.74) is 2.46. The Bertz CT molecular complexity index is 393. The first kappa shape index (κ1) is 8.12. The normalized spacial score (nSPS) is 10.2. The standard InChI is InChI=1S/C8H7N3OS/c1-2-3-7-10-8(12-11-7)6-4-13-5-9-6/h2,4-5H,1,3H2. The van der Waals surface area contributed by atoms with Crippen molar-refractivity contribution in [1.29, 1.82) is 0 Å². The minimum absolute atomic E-state index is 0.470. The number of aromatic nitrogens is 3. The molecule has 13 heavy (non-hydrogen) atoms. The van der Waals surface area contributed by atoms with Gasteiger partial charge in [-0.25, -0.2) is 4.98 Å². The van der Waals surface area contributed by atoms with Gasteiger partial charge in [-0.1, -0.05) is 11.2 Å². The van der Waals surface area contributed by atoms with E-state index in [1.165, 1.54) is 11.3 Å². The molecule has 0 N–H and O–H groups in total. The van der Waals surface area contributed by atoms with Crippen molar-refractivity contribution in [1.82, 2.24) is 15.1 Å². The first-order chi connectivity index (χ1) is 6.40. The second-order valence-corrected chi connectivity index (χ2v) is 3.10. The van der Waals surface area contributed by atoms with E-state index in [-0.39, 0.29) is 0 Å². The lowest BCUT2D eigenvalue weighted by molar-refractivity contribution is 0.423. The van der Waals surface area contributed by atoms with Crippen molar-refractivity contribution in [2.75, 3.05) is 0 Å². The minimum atomic E-state index is 0.470. The van der Waals surface area contributed by atoms with Gasteiger partial charge in [0.15, 0.2) is 5.82 Å². The molecule has 2 aromatic rings. The highest BCUT2D eigenvalue weighted by atomic mass is 32.1. The molecular weight excluding hydrogens is 186 g/mol. The summed E-state index contributed by atoms with van der Waals surface area (Å²) in [4.78, 5) is 8.19. The smallest absolute Gasteiger partial charge is 0.277 e. The SMILES string of the molecule is C=CCc1noc(-c2cscn2)n1. The predicted octanol–water partition coefficient (Wildman–Crippen LogP) is 1.92. The second-order valence-electron chi connectivity index (χ2n) is 2.38. The molecule has 0 saturated carbocycles. The Balaban J connectivity index is 2.28. The number of hydrogen-bond donors (Lipinski definition) is 0. The third kappa shape index (κ3) is 1.65. The van der Waals surface area contributed by atoms with E-state index in [4.69, 9.17) is 4.52 Å². The van der Waals surface area contributed by atoms with Gasteiger partial charge < -0.3 is 4.52 Å². The monoisotopic (exact) mass is 193 g/mol. The first-order valence-corrected chi connectivity index (χ1v) is 4.66. The van der Waals surface area contributed by atoms with Gasteiger partial charge in [0, 0.05) is 11.8 Å². The van der Waals surface area contributed by atoms with Gasteiger partial charge >= 0.3 is 0 Å². The average molecular weight is 193 g/mol. The number of rotatable bonds is 3. The van der Waals surface area contributed by atoms with Gasteiger partial charge in [0.25, 0.3) is 5.89 Å². The maximum atomic E-state index is 5.00. The van der Waals surface area contributed by atoms with Gasteiger partial charge in [-0.05, 0) is 0 Å². The summed E-state index contributed by atoms with van der Waals surface area (Å²) < 4.78 is 5.00. The van der Waals surface area contributed by atoms with Crippen LogP contribution in [0.15, 0.2) is 28.1 Å². The molecule has 0 bridgehead atoms. The highest BCUT2D eigenvalue weighted by Crippen LogP contribution is 2.16. The Labute approximate surface area is 78.9 Å². The van der Waals surface area contributed by atoms with E-state index < -0.39 is 0 Å². The molecule has 2 aromatic heterocycles. The zero-order valence-corrected chi connectivity index (χ0v) is 7.62. The number of thiazole rings is 1. The van der Waals surface area contributed by atoms with Crippen molar-refractivity contribution in [3.63, 3.8) is 0 Å². The van der Waals surface area contributed by atoms with Crippen molar-refractivity contribution in [2.45, 2.75) is 6.42 Å². The largest absolute Gasteiger partial charge is 0.332 e. The maximum Gasteiger partial charge on any atom is 0.277 e. The number of allylic oxidation sites excluding steroid dienone is 1. The van der Waals surface area contributed by atoms with Gasteiger partial charge in [-0.2, -0.15) is 4.98 Å². The van der Waals surface area contributed by atoms with Crippen LogP contribution in [0.2, 0.25) is 0 Å². The fourth-order valence-corrected chi connectivity index (χ4v) is 1.41. The number of nitrogens with zero attached hydrogens (tertiary/aromatic N) is 3. The Morgan fingerprint density at radius 2 is 2.54 bits per heavy atom. The summed E-state index contributed by atoms with van der Waals surface area (Å²) >= 11 is 1.50. The van der Waals surface area contributed by atoms with E-state index in [0.29, 0.717) is 18.1 Å².